The molecule has 3 heterocycles. The van der Waals surface area contributed by atoms with Crippen LogP contribution in [-0.4, -0.2) is 49.1 Å². The topological polar surface area (TPSA) is 44.4 Å². The number of hydrogen-bond donors (Lipinski definition) is 2. The second-order valence-electron chi connectivity index (χ2n) is 6.79. The van der Waals surface area contributed by atoms with E-state index in [0.717, 1.165) is 38.3 Å². The summed E-state index contributed by atoms with van der Waals surface area (Å²) in [5.41, 5.74) is 0. The fourth-order valence-electron chi connectivity index (χ4n) is 4.20. The summed E-state index contributed by atoms with van der Waals surface area (Å²) < 4.78 is 0. The molecule has 4 nitrogen and oxygen atoms in total. The molecular formula is C16H29N3O. The molecular weight excluding hydrogens is 250 g/mol. The molecule has 3 aliphatic rings. The molecule has 2 N–H and O–H groups in total. The van der Waals surface area contributed by atoms with Gasteiger partial charge in [-0.25, -0.2) is 0 Å². The van der Waals surface area contributed by atoms with E-state index in [1.807, 2.05) is 0 Å². The van der Waals surface area contributed by atoms with Crippen molar-refractivity contribution >= 4 is 5.91 Å². The van der Waals surface area contributed by atoms with Crippen molar-refractivity contribution in [2.75, 3.05) is 26.2 Å². The van der Waals surface area contributed by atoms with Crippen LogP contribution in [0.2, 0.25) is 0 Å². The molecule has 3 aliphatic heterocycles. The second-order valence-corrected chi connectivity index (χ2v) is 6.79. The molecule has 2 unspecified atom stereocenters. The third-order valence-corrected chi connectivity index (χ3v) is 5.44. The van der Waals surface area contributed by atoms with Crippen LogP contribution in [0.4, 0.5) is 0 Å². The Morgan fingerprint density at radius 3 is 2.80 bits per heavy atom. The van der Waals surface area contributed by atoms with Crippen LogP contribution in [0.1, 0.15) is 51.4 Å². The molecule has 0 bridgehead atoms. The first-order valence-electron chi connectivity index (χ1n) is 8.57. The predicted octanol–water partition coefficient (Wildman–Crippen LogP) is 1.51. The Labute approximate surface area is 122 Å². The van der Waals surface area contributed by atoms with Gasteiger partial charge in [0.15, 0.2) is 0 Å². The van der Waals surface area contributed by atoms with E-state index in [4.69, 9.17) is 0 Å². The number of nitrogens with one attached hydrogen (secondary N) is 2. The Kier molecular flexibility index (Phi) is 4.94. The van der Waals surface area contributed by atoms with Gasteiger partial charge in [-0.05, 0) is 64.1 Å². The van der Waals surface area contributed by atoms with Gasteiger partial charge < -0.3 is 10.6 Å². The van der Waals surface area contributed by atoms with E-state index in [9.17, 15) is 4.79 Å². The third kappa shape index (κ3) is 3.53. The van der Waals surface area contributed by atoms with E-state index in [1.54, 1.807) is 0 Å². The summed E-state index contributed by atoms with van der Waals surface area (Å²) >= 11 is 0. The van der Waals surface area contributed by atoms with Gasteiger partial charge in [0.2, 0.25) is 5.91 Å². The van der Waals surface area contributed by atoms with E-state index in [2.05, 4.69) is 15.5 Å². The first-order valence-corrected chi connectivity index (χ1v) is 8.57. The summed E-state index contributed by atoms with van der Waals surface area (Å²) in [7, 11) is 0. The van der Waals surface area contributed by atoms with Gasteiger partial charge in [0.1, 0.15) is 0 Å². The Hall–Kier alpha value is -0.610. The van der Waals surface area contributed by atoms with Crippen molar-refractivity contribution in [3.63, 3.8) is 0 Å². The minimum absolute atomic E-state index is 0.293. The van der Waals surface area contributed by atoms with Crippen molar-refractivity contribution in [2.45, 2.75) is 63.5 Å². The van der Waals surface area contributed by atoms with Crippen LogP contribution >= 0.6 is 0 Å². The monoisotopic (exact) mass is 279 g/mol. The maximum atomic E-state index is 12.2. The van der Waals surface area contributed by atoms with E-state index in [1.165, 1.54) is 45.2 Å². The first-order chi connectivity index (χ1) is 9.83. The normalized spacial score (nSPS) is 32.0. The van der Waals surface area contributed by atoms with Crippen LogP contribution in [-0.2, 0) is 4.79 Å². The highest BCUT2D eigenvalue weighted by molar-refractivity contribution is 5.76. The van der Waals surface area contributed by atoms with Gasteiger partial charge in [-0.3, -0.25) is 9.69 Å². The van der Waals surface area contributed by atoms with Crippen LogP contribution < -0.4 is 10.6 Å². The number of amides is 1. The Morgan fingerprint density at radius 1 is 1.10 bits per heavy atom. The Balaban J connectivity index is 1.40. The molecule has 0 aromatic rings. The quantitative estimate of drug-likeness (QED) is 0.820. The summed E-state index contributed by atoms with van der Waals surface area (Å²) in [5.74, 6) is 1.05. The standard InChI is InChI=1S/C16H29N3O/c20-16(5-4-13-6-9-17-10-7-13)18-14-8-12-19-11-2-1-3-15(14)19/h13-15,17H,1-12H2,(H,18,20). The number of fused-ring (bicyclic) bond motifs is 1. The van der Waals surface area contributed by atoms with Crippen LogP contribution in [0.15, 0.2) is 0 Å². The zero-order chi connectivity index (χ0) is 13.8. The summed E-state index contributed by atoms with van der Waals surface area (Å²) in [6.07, 6.45) is 9.40. The molecule has 4 heteroatoms. The zero-order valence-electron chi connectivity index (χ0n) is 12.6. The molecule has 0 radical (unpaired) electrons. The molecule has 3 rings (SSSR count). The molecule has 114 valence electrons. The average molecular weight is 279 g/mol. The third-order valence-electron chi connectivity index (χ3n) is 5.44. The minimum Gasteiger partial charge on any atom is -0.352 e. The number of carbonyl (C=O) groups excluding carboxylic acids is 1. The highest BCUT2D eigenvalue weighted by atomic mass is 16.1. The Morgan fingerprint density at radius 2 is 1.95 bits per heavy atom. The van der Waals surface area contributed by atoms with E-state index >= 15 is 0 Å². The molecule has 0 saturated carbocycles. The van der Waals surface area contributed by atoms with Gasteiger partial charge in [-0.15, -0.1) is 0 Å². The van der Waals surface area contributed by atoms with Crippen molar-refractivity contribution in [1.82, 2.24) is 15.5 Å². The van der Waals surface area contributed by atoms with Crippen molar-refractivity contribution in [3.8, 4) is 0 Å². The summed E-state index contributed by atoms with van der Waals surface area (Å²) in [6, 6.07) is 1.06. The van der Waals surface area contributed by atoms with Crippen molar-refractivity contribution in [1.29, 1.82) is 0 Å². The molecule has 20 heavy (non-hydrogen) atoms. The second kappa shape index (κ2) is 6.90. The Bertz CT molecular complexity index is 328. The fraction of sp³-hybridized carbons (Fsp3) is 0.938. The van der Waals surface area contributed by atoms with E-state index in [-0.39, 0.29) is 0 Å². The highest BCUT2D eigenvalue weighted by Gasteiger charge is 2.36. The van der Waals surface area contributed by atoms with Crippen LogP contribution in [0.3, 0.4) is 0 Å². The molecule has 0 aliphatic carbocycles. The van der Waals surface area contributed by atoms with Crippen LogP contribution in [0.25, 0.3) is 0 Å². The maximum Gasteiger partial charge on any atom is 0.220 e. The SMILES string of the molecule is O=C(CCC1CCNCC1)NC1CCN2CCCCC12. The van der Waals surface area contributed by atoms with Gasteiger partial charge in [-0.2, -0.15) is 0 Å². The summed E-state index contributed by atoms with van der Waals surface area (Å²) in [5, 5.41) is 6.71. The first kappa shape index (κ1) is 14.3. The van der Waals surface area contributed by atoms with Crippen molar-refractivity contribution in [3.05, 3.63) is 0 Å². The molecule has 1 amide bonds. The number of rotatable bonds is 4. The fourth-order valence-corrected chi connectivity index (χ4v) is 4.20. The zero-order valence-corrected chi connectivity index (χ0v) is 12.6. The molecule has 0 aromatic carbocycles. The lowest BCUT2D eigenvalue weighted by molar-refractivity contribution is -0.122. The number of carbonyl (C=O) groups is 1. The van der Waals surface area contributed by atoms with Gasteiger partial charge in [0, 0.05) is 25.0 Å². The van der Waals surface area contributed by atoms with E-state index in [0.29, 0.717) is 18.0 Å². The highest BCUT2D eigenvalue weighted by Crippen LogP contribution is 2.27. The molecule has 0 spiro atoms. The van der Waals surface area contributed by atoms with Crippen molar-refractivity contribution < 1.29 is 4.79 Å². The predicted molar refractivity (Wildman–Crippen MR) is 80.6 cm³/mol. The number of piperidine rings is 2. The minimum atomic E-state index is 0.293. The molecule has 3 saturated heterocycles. The molecule has 0 aromatic heterocycles. The van der Waals surface area contributed by atoms with E-state index < -0.39 is 0 Å². The smallest absolute Gasteiger partial charge is 0.220 e. The van der Waals surface area contributed by atoms with Crippen LogP contribution in [0.5, 0.6) is 0 Å². The van der Waals surface area contributed by atoms with Gasteiger partial charge >= 0.3 is 0 Å². The molecule has 2 atom stereocenters. The largest absolute Gasteiger partial charge is 0.352 e. The lowest BCUT2D eigenvalue weighted by Crippen LogP contribution is -2.46. The lowest BCUT2D eigenvalue weighted by atomic mass is 9.93. The molecule has 3 fully saturated rings. The van der Waals surface area contributed by atoms with Gasteiger partial charge in [0.25, 0.3) is 0 Å². The maximum absolute atomic E-state index is 12.2. The summed E-state index contributed by atoms with van der Waals surface area (Å²) in [6.45, 7) is 4.69. The average Bonchev–Trinajstić information content (AvgIpc) is 2.90. The summed E-state index contributed by atoms with van der Waals surface area (Å²) in [4.78, 5) is 14.8. The van der Waals surface area contributed by atoms with Gasteiger partial charge in [-0.1, -0.05) is 6.42 Å². The van der Waals surface area contributed by atoms with Crippen LogP contribution in [0, 0.1) is 5.92 Å². The van der Waals surface area contributed by atoms with Crippen molar-refractivity contribution in [2.24, 2.45) is 5.92 Å². The number of nitrogens with zero attached hydrogens (tertiary/aromatic N) is 1. The lowest BCUT2D eigenvalue weighted by Gasteiger charge is -2.32. The van der Waals surface area contributed by atoms with Gasteiger partial charge in [0.05, 0.1) is 0 Å². The number of hydrogen-bond acceptors (Lipinski definition) is 3.